The van der Waals surface area contributed by atoms with E-state index in [4.69, 9.17) is 8.84 Å². The number of furan rings is 1. The molecule has 0 radical (unpaired) electrons. The Morgan fingerprint density at radius 2 is 1.72 bits per heavy atom. The molecule has 1 N–H and O–H groups in total. The summed E-state index contributed by atoms with van der Waals surface area (Å²) in [7, 11) is -4.63. The van der Waals surface area contributed by atoms with Crippen molar-refractivity contribution in [3.63, 3.8) is 0 Å². The van der Waals surface area contributed by atoms with Gasteiger partial charge in [-0.25, -0.2) is 17.2 Å². The van der Waals surface area contributed by atoms with Crippen molar-refractivity contribution in [2.45, 2.75) is 70.2 Å². The molecule has 1 amide bonds. The van der Waals surface area contributed by atoms with Gasteiger partial charge in [0.25, 0.3) is 5.91 Å². The van der Waals surface area contributed by atoms with Gasteiger partial charge in [0.2, 0.25) is 10.0 Å². The number of fused-ring (bicyclic) bond motifs is 1. The van der Waals surface area contributed by atoms with Crippen LogP contribution >= 0.6 is 15.9 Å². The molecule has 0 saturated heterocycles. The Morgan fingerprint density at radius 1 is 1.09 bits per heavy atom. The molecule has 0 bridgehead atoms. The molecule has 252 valence electrons. The Bertz CT molecular complexity index is 1920. The highest BCUT2D eigenvalue weighted by molar-refractivity contribution is 9.10. The smallest absolute Gasteiger partial charge is 0.255 e. The van der Waals surface area contributed by atoms with Crippen molar-refractivity contribution in [2.75, 3.05) is 24.2 Å². The molecule has 1 aliphatic rings. The number of nitrogens with zero attached hydrogens (tertiary/aromatic N) is 1. The molecular formula is C35H41BrF2N2O5SSi. The minimum atomic E-state index is -3.81. The number of sulfonamides is 1. The fraction of sp³-hybridized carbons (Fsp3) is 0.400. The zero-order valence-electron chi connectivity index (χ0n) is 27.7. The summed E-state index contributed by atoms with van der Waals surface area (Å²) in [6, 6.07) is 13.7. The first-order valence-electron chi connectivity index (χ1n) is 15.6. The highest BCUT2D eigenvalue weighted by atomic mass is 79.9. The van der Waals surface area contributed by atoms with Gasteiger partial charge in [-0.3, -0.25) is 9.10 Å². The van der Waals surface area contributed by atoms with Crippen LogP contribution in [0.5, 0.6) is 0 Å². The molecule has 1 fully saturated rings. The predicted octanol–water partition coefficient (Wildman–Crippen LogP) is 9.30. The number of halogens is 3. The lowest BCUT2D eigenvalue weighted by Crippen LogP contribution is -2.42. The van der Waals surface area contributed by atoms with Gasteiger partial charge in [0.15, 0.2) is 8.32 Å². The first-order chi connectivity index (χ1) is 21.9. The van der Waals surface area contributed by atoms with Gasteiger partial charge in [0.1, 0.15) is 23.0 Å². The lowest BCUT2D eigenvalue weighted by atomic mass is 10.00. The molecule has 0 spiro atoms. The largest absolute Gasteiger partial charge is 0.455 e. The minimum Gasteiger partial charge on any atom is -0.455 e. The summed E-state index contributed by atoms with van der Waals surface area (Å²) in [5.74, 6) is -0.787. The Morgan fingerprint density at radius 3 is 2.28 bits per heavy atom. The van der Waals surface area contributed by atoms with Crippen molar-refractivity contribution >= 4 is 56.8 Å². The van der Waals surface area contributed by atoms with Crippen LogP contribution in [0.4, 0.5) is 14.5 Å². The molecular weight excluding hydrogens is 706 g/mol. The van der Waals surface area contributed by atoms with Crippen molar-refractivity contribution in [1.82, 2.24) is 5.32 Å². The average Bonchev–Trinajstić information content (AvgIpc) is 3.75. The first-order valence-corrected chi connectivity index (χ1v) is 21.1. The summed E-state index contributed by atoms with van der Waals surface area (Å²) in [6.07, 6.45) is 2.72. The molecule has 47 heavy (non-hydrogen) atoms. The Labute approximate surface area is 285 Å². The van der Waals surface area contributed by atoms with E-state index in [1.165, 1.54) is 41.9 Å². The van der Waals surface area contributed by atoms with Crippen LogP contribution in [0.3, 0.4) is 0 Å². The molecule has 1 aromatic heterocycles. The van der Waals surface area contributed by atoms with Crippen LogP contribution in [0.25, 0.3) is 22.3 Å². The number of carbonyl (C=O) groups excluding carboxylic acids is 1. The maximum Gasteiger partial charge on any atom is 0.255 e. The molecule has 1 saturated carbocycles. The number of amides is 1. The van der Waals surface area contributed by atoms with E-state index in [0.717, 1.165) is 24.0 Å². The predicted molar refractivity (Wildman–Crippen MR) is 189 cm³/mol. The van der Waals surface area contributed by atoms with Crippen molar-refractivity contribution in [1.29, 1.82) is 0 Å². The maximum absolute atomic E-state index is 14.1. The van der Waals surface area contributed by atoms with E-state index < -0.39 is 30.3 Å². The van der Waals surface area contributed by atoms with Crippen LogP contribution in [0.15, 0.2) is 63.5 Å². The number of benzene rings is 3. The summed E-state index contributed by atoms with van der Waals surface area (Å²) < 4.78 is 70.0. The summed E-state index contributed by atoms with van der Waals surface area (Å²) >= 11 is 3.51. The normalized spacial score (nSPS) is 14.8. The first kappa shape index (κ1) is 35.2. The zero-order valence-corrected chi connectivity index (χ0v) is 31.1. The molecule has 7 nitrogen and oxygen atoms in total. The highest BCUT2D eigenvalue weighted by Gasteiger charge is 2.40. The molecule has 12 heteroatoms. The van der Waals surface area contributed by atoms with E-state index in [1.54, 1.807) is 24.3 Å². The van der Waals surface area contributed by atoms with Crippen LogP contribution < -0.4 is 9.62 Å². The number of nitrogens with one attached hydrogen (secondary N) is 1. The molecule has 3 aromatic carbocycles. The fourth-order valence-corrected chi connectivity index (χ4v) is 8.38. The van der Waals surface area contributed by atoms with Crippen molar-refractivity contribution in [2.24, 2.45) is 0 Å². The van der Waals surface area contributed by atoms with E-state index in [0.29, 0.717) is 38.7 Å². The van der Waals surface area contributed by atoms with Crippen molar-refractivity contribution < 1.29 is 30.8 Å². The second-order valence-electron chi connectivity index (χ2n) is 13.7. The van der Waals surface area contributed by atoms with Gasteiger partial charge in [-0.15, -0.1) is 0 Å². The van der Waals surface area contributed by atoms with Gasteiger partial charge in [-0.1, -0.05) is 42.8 Å². The Hall–Kier alpha value is -3.06. The second-order valence-corrected chi connectivity index (χ2v) is 21.2. The molecule has 1 atom stereocenters. The summed E-state index contributed by atoms with van der Waals surface area (Å²) in [4.78, 5) is 13.2. The molecule has 5 rings (SSSR count). The molecule has 1 aliphatic carbocycles. The third-order valence-corrected chi connectivity index (χ3v) is 15.6. The van der Waals surface area contributed by atoms with Crippen molar-refractivity contribution in [3.8, 4) is 11.3 Å². The van der Waals surface area contributed by atoms with Crippen LogP contribution in [0, 0.1) is 11.6 Å². The highest BCUT2D eigenvalue weighted by Crippen LogP contribution is 2.48. The molecule has 1 heterocycles. The summed E-state index contributed by atoms with van der Waals surface area (Å²) in [5, 5.41) is 3.11. The number of hydrogen-bond donors (Lipinski definition) is 1. The Balaban J connectivity index is 1.62. The molecule has 4 aromatic rings. The van der Waals surface area contributed by atoms with E-state index >= 15 is 0 Å². The van der Waals surface area contributed by atoms with E-state index in [1.807, 2.05) is 6.07 Å². The minimum absolute atomic E-state index is 0.0843. The van der Waals surface area contributed by atoms with Crippen LogP contribution in [-0.4, -0.2) is 42.5 Å². The number of carbonyl (C=O) groups is 1. The van der Waals surface area contributed by atoms with Gasteiger partial charge >= 0.3 is 0 Å². The maximum atomic E-state index is 14.1. The second kappa shape index (κ2) is 13.1. The van der Waals surface area contributed by atoms with Gasteiger partial charge < -0.3 is 14.2 Å². The zero-order chi connectivity index (χ0) is 34.5. The standard InChI is InChI=1S/C35H41BrF2N2O5SSi/c1-35(2,3)47(6,7)45-30(25-15-14-24(38)18-28(25)36)16-17-40(46(5,42)43)29-20-31-27(19-26(29)21-8-9-21)32(34(41)39-4)33(44-31)22-10-12-23(37)13-11-22/h10-15,18-21,30H,8-9,16-17H2,1-7H3,(H,39,41). The van der Waals surface area contributed by atoms with Crippen LogP contribution in [0.1, 0.15) is 73.5 Å². The topological polar surface area (TPSA) is 88.8 Å². The summed E-state index contributed by atoms with van der Waals surface area (Å²) in [6.45, 7) is 10.7. The monoisotopic (exact) mass is 746 g/mol. The molecule has 0 aliphatic heterocycles. The van der Waals surface area contributed by atoms with Gasteiger partial charge in [-0.2, -0.15) is 0 Å². The lowest BCUT2D eigenvalue weighted by Gasteiger charge is -2.40. The van der Waals surface area contributed by atoms with Crippen molar-refractivity contribution in [3.05, 3.63) is 87.4 Å². The number of rotatable bonds is 11. The lowest BCUT2D eigenvalue weighted by molar-refractivity contribution is 0.0964. The number of anilines is 1. The SMILES string of the molecule is CNC(=O)c1c(-c2ccc(F)cc2)oc2cc(N(CCC(O[Si](C)(C)C(C)(C)C)c3ccc(F)cc3Br)S(C)(=O)=O)c(C3CC3)cc12. The third-order valence-electron chi connectivity index (χ3n) is 9.23. The quantitative estimate of drug-likeness (QED) is 0.155. The summed E-state index contributed by atoms with van der Waals surface area (Å²) in [5.41, 5.74) is 3.20. The van der Waals surface area contributed by atoms with Crippen LogP contribution in [-0.2, 0) is 14.4 Å². The number of hydrogen-bond acceptors (Lipinski definition) is 5. The van der Waals surface area contributed by atoms with Crippen LogP contribution in [0.2, 0.25) is 18.1 Å². The van der Waals surface area contributed by atoms with E-state index in [2.05, 4.69) is 55.1 Å². The Kier molecular flexibility index (Phi) is 9.82. The fourth-order valence-electron chi connectivity index (χ4n) is 5.51. The van der Waals surface area contributed by atoms with E-state index in [9.17, 15) is 22.0 Å². The average molecular weight is 748 g/mol. The molecule has 1 unspecified atom stereocenters. The van der Waals surface area contributed by atoms with Gasteiger partial charge in [0, 0.05) is 35.1 Å². The van der Waals surface area contributed by atoms with Gasteiger partial charge in [-0.05, 0) is 96.9 Å². The van der Waals surface area contributed by atoms with Gasteiger partial charge in [0.05, 0.1) is 23.6 Å². The third kappa shape index (κ3) is 7.50. The van der Waals surface area contributed by atoms with E-state index in [-0.39, 0.29) is 35.0 Å².